The highest BCUT2D eigenvalue weighted by Crippen LogP contribution is 2.28. The maximum Gasteiger partial charge on any atom is 0.266 e. The Morgan fingerprint density at radius 3 is 2.73 bits per heavy atom. The number of nitrogens with one attached hydrogen (secondary N) is 1. The summed E-state index contributed by atoms with van der Waals surface area (Å²) in [6.07, 6.45) is 0. The second-order valence-corrected chi connectivity index (χ2v) is 8.69. The quantitative estimate of drug-likeness (QED) is 0.362. The van der Waals surface area contributed by atoms with E-state index in [1.807, 2.05) is 55.6 Å². The number of fused-ring (bicyclic) bond motifs is 1. The number of hydrogen-bond donors (Lipinski definition) is 1. The Hall–Kier alpha value is -2.97. The molecule has 0 fully saturated rings. The van der Waals surface area contributed by atoms with Crippen LogP contribution in [0.5, 0.6) is 0 Å². The van der Waals surface area contributed by atoms with Crippen LogP contribution in [0.3, 0.4) is 0 Å². The van der Waals surface area contributed by atoms with Crippen molar-refractivity contribution in [3.05, 3.63) is 75.0 Å². The zero-order valence-electron chi connectivity index (χ0n) is 16.8. The van der Waals surface area contributed by atoms with Gasteiger partial charge in [0.05, 0.1) is 22.3 Å². The average molecular weight is 437 g/mol. The van der Waals surface area contributed by atoms with Crippen LogP contribution < -0.4 is 10.9 Å². The van der Waals surface area contributed by atoms with E-state index in [9.17, 15) is 9.59 Å². The third-order valence-electron chi connectivity index (χ3n) is 4.75. The van der Waals surface area contributed by atoms with E-state index in [2.05, 4.69) is 10.3 Å². The Balaban J connectivity index is 1.78. The number of carbonyl (C=O) groups is 1. The fourth-order valence-corrected chi connectivity index (χ4v) is 4.88. The Labute approximate surface area is 182 Å². The number of benzene rings is 2. The fraction of sp³-hybridized carbons (Fsp3) is 0.182. The molecule has 0 spiro atoms. The van der Waals surface area contributed by atoms with E-state index in [4.69, 9.17) is 4.98 Å². The molecular weight excluding hydrogens is 416 g/mol. The van der Waals surface area contributed by atoms with Gasteiger partial charge in [-0.3, -0.25) is 14.2 Å². The van der Waals surface area contributed by atoms with Crippen LogP contribution in [0.2, 0.25) is 0 Å². The van der Waals surface area contributed by atoms with Gasteiger partial charge in [0, 0.05) is 18.1 Å². The topological polar surface area (TPSA) is 76.9 Å². The van der Waals surface area contributed by atoms with Crippen molar-refractivity contribution in [3.8, 4) is 5.69 Å². The molecule has 0 bridgehead atoms. The summed E-state index contributed by atoms with van der Waals surface area (Å²) in [7, 11) is 0. The number of amides is 1. The van der Waals surface area contributed by atoms with Gasteiger partial charge < -0.3 is 5.32 Å². The van der Waals surface area contributed by atoms with Crippen LogP contribution in [0.25, 0.3) is 16.6 Å². The lowest BCUT2D eigenvalue weighted by Gasteiger charge is -2.16. The molecule has 30 heavy (non-hydrogen) atoms. The highest BCUT2D eigenvalue weighted by Gasteiger charge is 2.16. The lowest BCUT2D eigenvalue weighted by atomic mass is 10.1. The largest absolute Gasteiger partial charge is 0.302 e. The standard InChI is InChI=1S/C22H20N4O2S2/c1-13-7-6-10-19(14(13)2)26-20(28)17-8-4-5-9-18(17)25-22(26)30-12-16-11-29-21(24-16)23-15(3)27/h4-11H,12H2,1-3H3,(H,23,24,27). The van der Waals surface area contributed by atoms with Gasteiger partial charge >= 0.3 is 0 Å². The van der Waals surface area contributed by atoms with Gasteiger partial charge in [0.25, 0.3) is 5.56 Å². The van der Waals surface area contributed by atoms with Gasteiger partial charge in [0.2, 0.25) is 5.91 Å². The van der Waals surface area contributed by atoms with Crippen LogP contribution in [0.1, 0.15) is 23.7 Å². The Kier molecular flexibility index (Phi) is 5.69. The molecule has 2 heterocycles. The van der Waals surface area contributed by atoms with Gasteiger partial charge in [-0.15, -0.1) is 11.3 Å². The van der Waals surface area contributed by atoms with Gasteiger partial charge in [-0.2, -0.15) is 0 Å². The number of thiazole rings is 1. The molecule has 2 aromatic carbocycles. The lowest BCUT2D eigenvalue weighted by Crippen LogP contribution is -2.22. The minimum atomic E-state index is -0.150. The summed E-state index contributed by atoms with van der Waals surface area (Å²) in [6.45, 7) is 5.50. The molecule has 0 atom stereocenters. The minimum absolute atomic E-state index is 0.0889. The Bertz CT molecular complexity index is 1310. The van der Waals surface area contributed by atoms with Crippen LogP contribution >= 0.6 is 23.1 Å². The third-order valence-corrected chi connectivity index (χ3v) is 6.52. The van der Waals surface area contributed by atoms with Crippen LogP contribution in [0.4, 0.5) is 5.13 Å². The van der Waals surface area contributed by atoms with Crippen molar-refractivity contribution in [1.82, 2.24) is 14.5 Å². The van der Waals surface area contributed by atoms with Gasteiger partial charge in [-0.05, 0) is 43.2 Å². The van der Waals surface area contributed by atoms with E-state index in [-0.39, 0.29) is 11.5 Å². The van der Waals surface area contributed by atoms with Gasteiger partial charge in [0.1, 0.15) is 0 Å². The number of hydrogen-bond acceptors (Lipinski definition) is 6. The van der Waals surface area contributed by atoms with Gasteiger partial charge in [-0.1, -0.05) is 36.0 Å². The van der Waals surface area contributed by atoms with Gasteiger partial charge in [0.15, 0.2) is 10.3 Å². The molecule has 152 valence electrons. The van der Waals surface area contributed by atoms with Crippen molar-refractivity contribution in [3.63, 3.8) is 0 Å². The van der Waals surface area contributed by atoms with Crippen LogP contribution in [-0.4, -0.2) is 20.4 Å². The van der Waals surface area contributed by atoms with Crippen molar-refractivity contribution in [2.24, 2.45) is 0 Å². The molecule has 1 amide bonds. The average Bonchev–Trinajstić information content (AvgIpc) is 3.16. The van der Waals surface area contributed by atoms with Gasteiger partial charge in [-0.25, -0.2) is 9.97 Å². The molecule has 0 radical (unpaired) electrons. The number of rotatable bonds is 5. The number of aryl methyl sites for hydroxylation is 1. The smallest absolute Gasteiger partial charge is 0.266 e. The number of nitrogens with zero attached hydrogens (tertiary/aromatic N) is 3. The summed E-state index contributed by atoms with van der Waals surface area (Å²) in [5.74, 6) is 0.384. The zero-order valence-corrected chi connectivity index (χ0v) is 18.4. The number of thioether (sulfide) groups is 1. The van der Waals surface area contributed by atoms with E-state index < -0.39 is 0 Å². The normalized spacial score (nSPS) is 11.0. The molecule has 0 saturated heterocycles. The van der Waals surface area contributed by atoms with Crippen LogP contribution in [-0.2, 0) is 10.5 Å². The molecule has 0 aliphatic heterocycles. The first-order valence-corrected chi connectivity index (χ1v) is 11.2. The molecule has 0 unspecified atom stereocenters. The molecule has 4 aromatic rings. The highest BCUT2D eigenvalue weighted by molar-refractivity contribution is 7.98. The summed E-state index contributed by atoms with van der Waals surface area (Å²) in [4.78, 5) is 33.8. The van der Waals surface area contributed by atoms with E-state index in [0.717, 1.165) is 22.5 Å². The van der Waals surface area contributed by atoms with E-state index in [0.29, 0.717) is 26.9 Å². The zero-order chi connectivity index (χ0) is 21.3. The van der Waals surface area contributed by atoms with Crippen LogP contribution in [0.15, 0.2) is 57.8 Å². The third kappa shape index (κ3) is 4.01. The first kappa shape index (κ1) is 20.3. The van der Waals surface area contributed by atoms with Crippen molar-refractivity contribution in [2.75, 3.05) is 5.32 Å². The molecule has 0 saturated carbocycles. The fourth-order valence-electron chi connectivity index (χ4n) is 3.12. The molecule has 6 nitrogen and oxygen atoms in total. The lowest BCUT2D eigenvalue weighted by molar-refractivity contribution is -0.114. The number of aromatic nitrogens is 3. The second kappa shape index (κ2) is 8.41. The first-order chi connectivity index (χ1) is 14.4. The molecular formula is C22H20N4O2S2. The predicted molar refractivity (Wildman–Crippen MR) is 123 cm³/mol. The number of anilines is 1. The summed E-state index contributed by atoms with van der Waals surface area (Å²) < 4.78 is 1.69. The molecule has 0 aliphatic rings. The molecule has 0 aliphatic carbocycles. The number of carbonyl (C=O) groups excluding carboxylic acids is 1. The molecule has 8 heteroatoms. The second-order valence-electron chi connectivity index (χ2n) is 6.88. The van der Waals surface area contributed by atoms with Crippen molar-refractivity contribution in [1.29, 1.82) is 0 Å². The minimum Gasteiger partial charge on any atom is -0.302 e. The molecule has 4 rings (SSSR count). The molecule has 1 N–H and O–H groups in total. The van der Waals surface area contributed by atoms with E-state index in [1.165, 1.54) is 30.0 Å². The predicted octanol–water partition coefficient (Wildman–Crippen LogP) is 4.71. The summed E-state index contributed by atoms with van der Waals surface area (Å²) in [5, 5.41) is 6.36. The number of para-hydroxylation sites is 1. The van der Waals surface area contributed by atoms with E-state index >= 15 is 0 Å². The maximum absolute atomic E-state index is 13.4. The monoisotopic (exact) mass is 436 g/mol. The summed E-state index contributed by atoms with van der Waals surface area (Å²) in [6, 6.07) is 13.3. The Morgan fingerprint density at radius 1 is 1.13 bits per heavy atom. The highest BCUT2D eigenvalue weighted by atomic mass is 32.2. The van der Waals surface area contributed by atoms with E-state index in [1.54, 1.807) is 10.6 Å². The van der Waals surface area contributed by atoms with Crippen molar-refractivity contribution in [2.45, 2.75) is 31.7 Å². The summed E-state index contributed by atoms with van der Waals surface area (Å²) >= 11 is 2.83. The maximum atomic E-state index is 13.4. The SMILES string of the molecule is CC(=O)Nc1nc(CSc2nc3ccccc3c(=O)n2-c2cccc(C)c2C)cs1. The van der Waals surface area contributed by atoms with Crippen LogP contribution in [0, 0.1) is 13.8 Å². The van der Waals surface area contributed by atoms with Crippen molar-refractivity contribution >= 4 is 45.0 Å². The van der Waals surface area contributed by atoms with Crippen molar-refractivity contribution < 1.29 is 4.79 Å². The molecule has 2 aromatic heterocycles. The Morgan fingerprint density at radius 2 is 1.93 bits per heavy atom. The summed E-state index contributed by atoms with van der Waals surface area (Å²) in [5.41, 5.74) is 4.39. The first-order valence-electron chi connectivity index (χ1n) is 9.37.